The highest BCUT2D eigenvalue weighted by Gasteiger charge is 2.37. The Labute approximate surface area is 121 Å². The van der Waals surface area contributed by atoms with Crippen molar-refractivity contribution in [1.82, 2.24) is 5.32 Å². The van der Waals surface area contributed by atoms with Gasteiger partial charge in [0.05, 0.1) is 11.8 Å². The Bertz CT molecular complexity index is 434. The molecule has 1 aliphatic carbocycles. The van der Waals surface area contributed by atoms with E-state index in [0.717, 1.165) is 6.42 Å². The molecule has 1 fully saturated rings. The van der Waals surface area contributed by atoms with Crippen LogP contribution in [0.4, 0.5) is 0 Å². The Morgan fingerprint density at radius 3 is 2.05 bits per heavy atom. The van der Waals surface area contributed by atoms with Crippen LogP contribution in [0.2, 0.25) is 0 Å². The van der Waals surface area contributed by atoms with Crippen LogP contribution in [-0.2, 0) is 19.2 Å². The largest absolute Gasteiger partial charge is 0.481 e. The van der Waals surface area contributed by atoms with Gasteiger partial charge in [-0.15, -0.1) is 0 Å². The van der Waals surface area contributed by atoms with Gasteiger partial charge in [-0.1, -0.05) is 12.8 Å². The Hall–Kier alpha value is -2.12. The molecule has 1 rings (SSSR count). The van der Waals surface area contributed by atoms with Gasteiger partial charge < -0.3 is 20.6 Å². The molecule has 0 aliphatic heterocycles. The Morgan fingerprint density at radius 2 is 1.57 bits per heavy atom. The summed E-state index contributed by atoms with van der Waals surface area (Å²) in [5, 5.41) is 28.9. The van der Waals surface area contributed by atoms with E-state index < -0.39 is 41.7 Å². The molecule has 3 atom stereocenters. The lowest BCUT2D eigenvalue weighted by Crippen LogP contribution is -2.47. The average Bonchev–Trinajstić information content (AvgIpc) is 2.42. The summed E-state index contributed by atoms with van der Waals surface area (Å²) < 4.78 is 0. The van der Waals surface area contributed by atoms with Crippen LogP contribution in [0.15, 0.2) is 0 Å². The van der Waals surface area contributed by atoms with E-state index >= 15 is 0 Å². The molecule has 0 spiro atoms. The van der Waals surface area contributed by atoms with Crippen molar-refractivity contribution in [2.75, 3.05) is 0 Å². The van der Waals surface area contributed by atoms with Crippen molar-refractivity contribution in [2.45, 2.75) is 44.6 Å². The number of rotatable bonds is 7. The summed E-state index contributed by atoms with van der Waals surface area (Å²) in [5.41, 5.74) is 0. The molecule has 4 N–H and O–H groups in total. The average molecular weight is 301 g/mol. The van der Waals surface area contributed by atoms with E-state index in [1.54, 1.807) is 0 Å². The van der Waals surface area contributed by atoms with Crippen molar-refractivity contribution in [3.63, 3.8) is 0 Å². The quantitative estimate of drug-likeness (QED) is 0.530. The van der Waals surface area contributed by atoms with Crippen LogP contribution >= 0.6 is 0 Å². The second-order valence-corrected chi connectivity index (χ2v) is 5.17. The number of hydrogen-bond acceptors (Lipinski definition) is 4. The van der Waals surface area contributed by atoms with E-state index in [0.29, 0.717) is 19.3 Å². The van der Waals surface area contributed by atoms with Gasteiger partial charge in [-0.2, -0.15) is 0 Å². The maximum Gasteiger partial charge on any atom is 0.326 e. The highest BCUT2D eigenvalue weighted by molar-refractivity contribution is 5.88. The monoisotopic (exact) mass is 301 g/mol. The number of amides is 1. The molecule has 0 aromatic heterocycles. The standard InChI is InChI=1S/C13H19NO7/c15-10(16)6-5-9(13(20)21)14-11(17)7-3-1-2-4-8(7)12(18)19/h7-9H,1-6H2,(H,14,17)(H,15,16)(H,18,19)(H,20,21). The molecule has 8 nitrogen and oxygen atoms in total. The van der Waals surface area contributed by atoms with Crippen molar-refractivity contribution in [1.29, 1.82) is 0 Å². The number of carbonyl (C=O) groups is 4. The zero-order valence-electron chi connectivity index (χ0n) is 11.4. The summed E-state index contributed by atoms with van der Waals surface area (Å²) in [4.78, 5) is 44.7. The summed E-state index contributed by atoms with van der Waals surface area (Å²) in [6, 6.07) is -1.31. The fourth-order valence-corrected chi connectivity index (χ4v) is 2.54. The number of nitrogens with one attached hydrogen (secondary N) is 1. The van der Waals surface area contributed by atoms with Crippen molar-refractivity contribution >= 4 is 23.8 Å². The molecular formula is C13H19NO7. The number of carbonyl (C=O) groups excluding carboxylic acids is 1. The third-order valence-corrected chi connectivity index (χ3v) is 3.68. The van der Waals surface area contributed by atoms with Gasteiger partial charge in [0.1, 0.15) is 6.04 Å². The maximum atomic E-state index is 12.1. The molecule has 8 heteroatoms. The number of carboxylic acid groups (broad SMARTS) is 3. The highest BCUT2D eigenvalue weighted by Crippen LogP contribution is 2.30. The number of carboxylic acids is 3. The minimum atomic E-state index is -1.33. The molecule has 1 saturated carbocycles. The molecule has 0 aromatic rings. The van der Waals surface area contributed by atoms with Crippen LogP contribution in [0.5, 0.6) is 0 Å². The van der Waals surface area contributed by atoms with Crippen molar-refractivity contribution in [3.8, 4) is 0 Å². The van der Waals surface area contributed by atoms with E-state index in [1.807, 2.05) is 0 Å². The molecule has 0 radical (unpaired) electrons. The first-order valence-electron chi connectivity index (χ1n) is 6.80. The fraction of sp³-hybridized carbons (Fsp3) is 0.692. The molecule has 3 unspecified atom stereocenters. The molecule has 118 valence electrons. The van der Waals surface area contributed by atoms with E-state index in [1.165, 1.54) is 0 Å². The van der Waals surface area contributed by atoms with Gasteiger partial charge in [0, 0.05) is 6.42 Å². The third kappa shape index (κ3) is 5.05. The van der Waals surface area contributed by atoms with Gasteiger partial charge in [0.2, 0.25) is 5.91 Å². The molecule has 21 heavy (non-hydrogen) atoms. The van der Waals surface area contributed by atoms with E-state index in [9.17, 15) is 19.2 Å². The lowest BCUT2D eigenvalue weighted by Gasteiger charge is -2.28. The van der Waals surface area contributed by atoms with Gasteiger partial charge in [-0.05, 0) is 19.3 Å². The Morgan fingerprint density at radius 1 is 1.00 bits per heavy atom. The van der Waals surface area contributed by atoms with Crippen molar-refractivity contribution in [3.05, 3.63) is 0 Å². The molecule has 0 heterocycles. The van der Waals surface area contributed by atoms with Gasteiger partial charge in [0.25, 0.3) is 0 Å². The van der Waals surface area contributed by atoms with Crippen LogP contribution in [0.1, 0.15) is 38.5 Å². The summed E-state index contributed by atoms with van der Waals surface area (Å²) in [7, 11) is 0. The minimum absolute atomic E-state index is 0.235. The van der Waals surface area contributed by atoms with Gasteiger partial charge >= 0.3 is 17.9 Å². The second kappa shape index (κ2) is 7.61. The molecule has 1 aliphatic rings. The van der Waals surface area contributed by atoms with Crippen LogP contribution in [0.25, 0.3) is 0 Å². The Kier molecular flexibility index (Phi) is 6.13. The molecule has 1 amide bonds. The SMILES string of the molecule is O=C(O)CCC(NC(=O)C1CCCCC1C(=O)O)C(=O)O. The lowest BCUT2D eigenvalue weighted by molar-refractivity contribution is -0.150. The second-order valence-electron chi connectivity index (χ2n) is 5.17. The summed E-state index contributed by atoms with van der Waals surface area (Å²) >= 11 is 0. The van der Waals surface area contributed by atoms with Crippen LogP contribution in [0.3, 0.4) is 0 Å². The van der Waals surface area contributed by atoms with Gasteiger partial charge in [0.15, 0.2) is 0 Å². The fourth-order valence-electron chi connectivity index (χ4n) is 2.54. The van der Waals surface area contributed by atoms with E-state index in [4.69, 9.17) is 15.3 Å². The number of hydrogen-bond donors (Lipinski definition) is 4. The Balaban J connectivity index is 2.68. The zero-order valence-corrected chi connectivity index (χ0v) is 11.4. The predicted octanol–water partition coefficient (Wildman–Crippen LogP) is 0.312. The highest BCUT2D eigenvalue weighted by atomic mass is 16.4. The van der Waals surface area contributed by atoms with E-state index in [-0.39, 0.29) is 12.8 Å². The molecule has 0 saturated heterocycles. The summed E-state index contributed by atoms with van der Waals surface area (Å²) in [6.07, 6.45) is 1.61. The first kappa shape index (κ1) is 16.9. The van der Waals surface area contributed by atoms with E-state index in [2.05, 4.69) is 5.32 Å². The van der Waals surface area contributed by atoms with Crippen molar-refractivity contribution < 1.29 is 34.5 Å². The van der Waals surface area contributed by atoms with Crippen LogP contribution < -0.4 is 5.32 Å². The minimum Gasteiger partial charge on any atom is -0.481 e. The first-order valence-corrected chi connectivity index (χ1v) is 6.80. The van der Waals surface area contributed by atoms with Gasteiger partial charge in [-0.3, -0.25) is 14.4 Å². The lowest BCUT2D eigenvalue weighted by atomic mass is 9.78. The smallest absolute Gasteiger partial charge is 0.326 e. The maximum absolute atomic E-state index is 12.1. The third-order valence-electron chi connectivity index (χ3n) is 3.68. The molecular weight excluding hydrogens is 282 g/mol. The summed E-state index contributed by atoms with van der Waals surface area (Å²) in [6.45, 7) is 0. The first-order chi connectivity index (χ1) is 9.82. The molecule has 0 aromatic carbocycles. The molecule has 0 bridgehead atoms. The summed E-state index contributed by atoms with van der Waals surface area (Å²) in [5.74, 6) is -5.74. The predicted molar refractivity (Wildman–Crippen MR) is 69.5 cm³/mol. The zero-order chi connectivity index (χ0) is 16.0. The number of aliphatic carboxylic acids is 3. The van der Waals surface area contributed by atoms with Crippen LogP contribution in [0, 0.1) is 11.8 Å². The van der Waals surface area contributed by atoms with Crippen molar-refractivity contribution in [2.24, 2.45) is 11.8 Å². The van der Waals surface area contributed by atoms with Gasteiger partial charge in [-0.25, -0.2) is 4.79 Å². The van der Waals surface area contributed by atoms with Crippen LogP contribution in [-0.4, -0.2) is 45.2 Å². The topological polar surface area (TPSA) is 141 Å². The normalized spacial score (nSPS) is 23.0.